The molecule has 2 rings (SSSR count). The number of carbonyl (C=O) groups excluding carboxylic acids is 1. The maximum absolute atomic E-state index is 12.0. The van der Waals surface area contributed by atoms with E-state index in [0.717, 1.165) is 19.5 Å². The van der Waals surface area contributed by atoms with Crippen LogP contribution in [0.15, 0.2) is 24.3 Å². The number of nitrogens with zero attached hydrogens (tertiary/aromatic N) is 1. The Balaban J connectivity index is 1.84. The topological polar surface area (TPSA) is 32.3 Å². The molecule has 0 spiro atoms. The van der Waals surface area contributed by atoms with E-state index in [1.54, 1.807) is 0 Å². The van der Waals surface area contributed by atoms with E-state index in [1.807, 2.05) is 11.9 Å². The summed E-state index contributed by atoms with van der Waals surface area (Å²) in [7, 11) is 1.89. The zero-order valence-corrected chi connectivity index (χ0v) is 11.3. The van der Waals surface area contributed by atoms with Crippen LogP contribution in [0.2, 0.25) is 0 Å². The third-order valence-corrected chi connectivity index (χ3v) is 3.61. The predicted octanol–water partition coefficient (Wildman–Crippen LogP) is 1.82. The first-order valence-corrected chi connectivity index (χ1v) is 6.71. The second kappa shape index (κ2) is 6.01. The van der Waals surface area contributed by atoms with Crippen LogP contribution in [0.4, 0.5) is 0 Å². The smallest absolute Gasteiger partial charge is 0.222 e. The number of carbonyl (C=O) groups is 1. The molecule has 1 saturated heterocycles. The minimum atomic E-state index is 0.251. The summed E-state index contributed by atoms with van der Waals surface area (Å²) in [5, 5.41) is 3.20. The van der Waals surface area contributed by atoms with E-state index in [1.165, 1.54) is 11.1 Å². The van der Waals surface area contributed by atoms with Gasteiger partial charge in [0.05, 0.1) is 0 Å². The second-order valence-electron chi connectivity index (χ2n) is 5.15. The molecule has 3 heteroatoms. The van der Waals surface area contributed by atoms with Crippen molar-refractivity contribution in [3.8, 4) is 0 Å². The highest BCUT2D eigenvalue weighted by molar-refractivity contribution is 5.76. The average Bonchev–Trinajstić information content (AvgIpc) is 2.34. The fourth-order valence-electron chi connectivity index (χ4n) is 2.14. The third-order valence-electron chi connectivity index (χ3n) is 3.61. The van der Waals surface area contributed by atoms with Gasteiger partial charge < -0.3 is 10.2 Å². The van der Waals surface area contributed by atoms with Crippen LogP contribution in [0, 0.1) is 5.92 Å². The Bertz CT molecular complexity index is 395. The monoisotopic (exact) mass is 246 g/mol. The molecule has 1 heterocycles. The van der Waals surface area contributed by atoms with Crippen LogP contribution >= 0.6 is 0 Å². The van der Waals surface area contributed by atoms with Crippen molar-refractivity contribution in [2.45, 2.75) is 26.3 Å². The molecule has 1 aliphatic rings. The van der Waals surface area contributed by atoms with Gasteiger partial charge in [0, 0.05) is 20.0 Å². The molecule has 0 unspecified atom stereocenters. The molecule has 3 nitrogen and oxygen atoms in total. The van der Waals surface area contributed by atoms with E-state index in [9.17, 15) is 4.79 Å². The number of benzene rings is 1. The number of amides is 1. The maximum Gasteiger partial charge on any atom is 0.222 e. The molecule has 1 aliphatic heterocycles. The van der Waals surface area contributed by atoms with Gasteiger partial charge in [-0.3, -0.25) is 4.79 Å². The van der Waals surface area contributed by atoms with E-state index in [-0.39, 0.29) is 5.91 Å². The fourth-order valence-corrected chi connectivity index (χ4v) is 2.14. The molecule has 1 fully saturated rings. The zero-order valence-electron chi connectivity index (χ0n) is 11.3. The largest absolute Gasteiger partial charge is 0.341 e. The van der Waals surface area contributed by atoms with E-state index in [2.05, 4.69) is 36.5 Å². The lowest BCUT2D eigenvalue weighted by molar-refractivity contribution is -0.131. The molecule has 0 saturated carbocycles. The Morgan fingerprint density at radius 3 is 2.39 bits per heavy atom. The van der Waals surface area contributed by atoms with E-state index in [0.29, 0.717) is 18.9 Å². The summed E-state index contributed by atoms with van der Waals surface area (Å²) in [5.74, 6) is 0.795. The lowest BCUT2D eigenvalue weighted by Gasteiger charge is -2.28. The van der Waals surface area contributed by atoms with Crippen LogP contribution in [-0.4, -0.2) is 30.9 Å². The molecule has 18 heavy (non-hydrogen) atoms. The first-order chi connectivity index (χ1) is 8.69. The Morgan fingerprint density at radius 2 is 1.89 bits per heavy atom. The van der Waals surface area contributed by atoms with Crippen molar-refractivity contribution in [1.82, 2.24) is 10.2 Å². The lowest BCUT2D eigenvalue weighted by atomic mass is 9.98. The molecule has 0 aromatic heterocycles. The maximum atomic E-state index is 12.0. The van der Waals surface area contributed by atoms with Crippen molar-refractivity contribution in [3.63, 3.8) is 0 Å². The molecule has 1 amide bonds. The quantitative estimate of drug-likeness (QED) is 0.859. The van der Waals surface area contributed by atoms with Crippen molar-refractivity contribution in [2.75, 3.05) is 20.1 Å². The van der Waals surface area contributed by atoms with Gasteiger partial charge in [-0.1, -0.05) is 31.2 Å². The fraction of sp³-hybridized carbons (Fsp3) is 0.533. The summed E-state index contributed by atoms with van der Waals surface area (Å²) in [6, 6.07) is 8.52. The minimum absolute atomic E-state index is 0.251. The summed E-state index contributed by atoms with van der Waals surface area (Å²) in [6.07, 6.45) is 1.74. The van der Waals surface area contributed by atoms with E-state index < -0.39 is 0 Å². The molecule has 0 aliphatic carbocycles. The Labute approximate surface area is 109 Å². The summed E-state index contributed by atoms with van der Waals surface area (Å²) in [6.45, 7) is 4.84. The number of rotatable bonds is 5. The van der Waals surface area contributed by atoms with Crippen LogP contribution < -0.4 is 5.32 Å². The van der Waals surface area contributed by atoms with Crippen LogP contribution in [0.3, 0.4) is 0 Å². The van der Waals surface area contributed by atoms with Gasteiger partial charge >= 0.3 is 0 Å². The number of aryl methyl sites for hydroxylation is 1. The SMILES string of the molecule is CCc1ccc(CN(C)C(=O)CC2CNC2)cc1. The predicted molar refractivity (Wildman–Crippen MR) is 73.3 cm³/mol. The lowest BCUT2D eigenvalue weighted by Crippen LogP contribution is -2.44. The van der Waals surface area contributed by atoms with E-state index >= 15 is 0 Å². The first kappa shape index (κ1) is 13.1. The second-order valence-corrected chi connectivity index (χ2v) is 5.15. The summed E-state index contributed by atoms with van der Waals surface area (Å²) in [5.41, 5.74) is 2.54. The van der Waals surface area contributed by atoms with Crippen LogP contribution in [0.1, 0.15) is 24.5 Å². The highest BCUT2D eigenvalue weighted by atomic mass is 16.2. The van der Waals surface area contributed by atoms with Gasteiger partial charge in [0.15, 0.2) is 0 Å². The van der Waals surface area contributed by atoms with Gasteiger partial charge in [0.2, 0.25) is 5.91 Å². The normalized spacial score (nSPS) is 15.2. The summed E-state index contributed by atoms with van der Waals surface area (Å²) >= 11 is 0. The van der Waals surface area contributed by atoms with Gasteiger partial charge in [-0.2, -0.15) is 0 Å². The third kappa shape index (κ3) is 3.33. The molecule has 0 bridgehead atoms. The first-order valence-electron chi connectivity index (χ1n) is 6.71. The van der Waals surface area contributed by atoms with Crippen LogP contribution in [-0.2, 0) is 17.8 Å². The standard InChI is InChI=1S/C15H22N2O/c1-3-12-4-6-13(7-5-12)11-17(2)15(18)8-14-9-16-10-14/h4-7,14,16H,3,8-11H2,1-2H3. The van der Waals surface area contributed by atoms with Gasteiger partial charge in [0.25, 0.3) is 0 Å². The molecule has 1 aromatic rings. The number of hydrogen-bond acceptors (Lipinski definition) is 2. The molecule has 98 valence electrons. The van der Waals surface area contributed by atoms with Crippen molar-refractivity contribution >= 4 is 5.91 Å². The molecular formula is C15H22N2O. The average molecular weight is 246 g/mol. The van der Waals surface area contributed by atoms with E-state index in [4.69, 9.17) is 0 Å². The molecule has 1 N–H and O–H groups in total. The van der Waals surface area contributed by atoms with Crippen molar-refractivity contribution in [2.24, 2.45) is 5.92 Å². The van der Waals surface area contributed by atoms with Gasteiger partial charge in [-0.25, -0.2) is 0 Å². The summed E-state index contributed by atoms with van der Waals surface area (Å²) in [4.78, 5) is 13.8. The number of hydrogen-bond donors (Lipinski definition) is 1. The Morgan fingerprint density at radius 1 is 1.28 bits per heavy atom. The minimum Gasteiger partial charge on any atom is -0.341 e. The Kier molecular flexibility index (Phi) is 4.37. The van der Waals surface area contributed by atoms with Crippen LogP contribution in [0.5, 0.6) is 0 Å². The van der Waals surface area contributed by atoms with Crippen molar-refractivity contribution in [3.05, 3.63) is 35.4 Å². The van der Waals surface area contributed by atoms with Crippen LogP contribution in [0.25, 0.3) is 0 Å². The molecule has 1 aromatic carbocycles. The highest BCUT2D eigenvalue weighted by Crippen LogP contribution is 2.12. The number of nitrogens with one attached hydrogen (secondary N) is 1. The molecule has 0 radical (unpaired) electrons. The zero-order chi connectivity index (χ0) is 13.0. The molecular weight excluding hydrogens is 224 g/mol. The molecule has 0 atom stereocenters. The van der Waals surface area contributed by atoms with Gasteiger partial charge in [0.1, 0.15) is 0 Å². The van der Waals surface area contributed by atoms with Gasteiger partial charge in [-0.15, -0.1) is 0 Å². The van der Waals surface area contributed by atoms with Gasteiger partial charge in [-0.05, 0) is 36.6 Å². The Hall–Kier alpha value is -1.35. The van der Waals surface area contributed by atoms with Crippen molar-refractivity contribution in [1.29, 1.82) is 0 Å². The van der Waals surface area contributed by atoms with Crippen molar-refractivity contribution < 1.29 is 4.79 Å². The highest BCUT2D eigenvalue weighted by Gasteiger charge is 2.21. The summed E-state index contributed by atoms with van der Waals surface area (Å²) < 4.78 is 0.